The van der Waals surface area contributed by atoms with Gasteiger partial charge in [-0.2, -0.15) is 5.06 Å². The number of epoxide rings is 1. The van der Waals surface area contributed by atoms with Crippen molar-refractivity contribution < 1.29 is 57.9 Å². The van der Waals surface area contributed by atoms with Crippen molar-refractivity contribution in [3.05, 3.63) is 76.9 Å². The molecule has 1 spiro atoms. The Bertz CT molecular complexity index is 2030. The molecule has 61 heavy (non-hydrogen) atoms. The lowest BCUT2D eigenvalue weighted by molar-refractivity contribution is -0.217. The van der Waals surface area contributed by atoms with Gasteiger partial charge in [-0.1, -0.05) is 60.7 Å². The van der Waals surface area contributed by atoms with E-state index in [1.54, 1.807) is 20.8 Å². The highest BCUT2D eigenvalue weighted by molar-refractivity contribution is 5.96. The van der Waals surface area contributed by atoms with E-state index in [4.69, 9.17) is 28.5 Å². The van der Waals surface area contributed by atoms with E-state index >= 15 is 4.79 Å². The number of hydrogen-bond acceptors (Lipinski definition) is 13. The van der Waals surface area contributed by atoms with Crippen LogP contribution in [0.4, 0.5) is 0 Å². The van der Waals surface area contributed by atoms with E-state index in [1.165, 1.54) is 12.0 Å². The fourth-order valence-electron chi connectivity index (χ4n) is 10.4. The normalized spacial score (nSPS) is 33.2. The van der Waals surface area contributed by atoms with Crippen LogP contribution in [0.25, 0.3) is 6.08 Å². The zero-order chi connectivity index (χ0) is 42.8. The maximum Gasteiger partial charge on any atom is 0.327 e. The summed E-state index contributed by atoms with van der Waals surface area (Å²) in [5, 5.41) is 28.0. The summed E-state index contributed by atoms with van der Waals surface area (Å²) in [4.78, 5) is 62.3. The summed E-state index contributed by atoms with van der Waals surface area (Å²) in [6, 6.07) is 12.3. The third-order valence-corrected chi connectivity index (χ3v) is 13.4. The van der Waals surface area contributed by atoms with Gasteiger partial charge >= 0.3 is 11.9 Å². The molecule has 6 fully saturated rings. The number of amides is 2. The molecule has 3 unspecified atom stereocenters. The van der Waals surface area contributed by atoms with E-state index in [0.29, 0.717) is 31.0 Å². The molecule has 4 aliphatic heterocycles. The minimum Gasteiger partial charge on any atom is -0.460 e. The molecule has 2 saturated carbocycles. The van der Waals surface area contributed by atoms with E-state index < -0.39 is 95.8 Å². The Morgan fingerprint density at radius 2 is 1.70 bits per heavy atom. The number of aliphatic hydroxyl groups excluding tert-OH is 2. The molecule has 328 valence electrons. The number of rotatable bonds is 13. The zero-order valence-electron chi connectivity index (χ0n) is 35.1. The minimum absolute atomic E-state index is 0.0187. The van der Waals surface area contributed by atoms with Gasteiger partial charge in [0.2, 0.25) is 11.8 Å². The van der Waals surface area contributed by atoms with Crippen molar-refractivity contribution in [3.8, 4) is 0 Å². The molecular formula is C46H57N3O12. The number of aliphatic hydroxyl groups is 2. The molecule has 12 atom stereocenters. The number of nitrogens with one attached hydrogen (secondary N) is 2. The SMILES string of the molecule is C[C@H](O)[C@@H](NC(=O)[C@@]12C[C@H]3OC(=O)[C@@H]1N(Cc1ccc(C=CC4CCC5OC5C4)cc1)O[C@@H]2[C@H]1OC2(Cc4ccccc4C2)O[C@H]13)C(=O)N[C@H](CO)CCC(=O)OC(C)(C)C. The first-order valence-electron chi connectivity index (χ1n) is 21.7. The molecular weight excluding hydrogens is 787 g/mol. The summed E-state index contributed by atoms with van der Waals surface area (Å²) in [5.41, 5.74) is 1.71. The van der Waals surface area contributed by atoms with Crippen molar-refractivity contribution in [2.24, 2.45) is 11.3 Å². The lowest BCUT2D eigenvalue weighted by Crippen LogP contribution is -2.71. The number of esters is 2. The standard InChI is InChI=1S/C46H57N3O12/c1-25(51)36(41(53)47-31(24-50)16-18-35(52)58-44(2,3)4)48-43(55)46-22-34-37-38(60-45(59-37)20-29-7-5-6-8-30(29)21-45)40(46)61-49(39(46)42(54)57-34)23-28-13-10-26(11-14-28)9-12-27-15-17-32-33(19-27)56-32/h5-14,25,27,31-34,36-40,50-51H,15-24H2,1-4H3,(H,47,53)(H,48,55)/t25-,27?,31-,32?,33?,34+,36+,37-,38-,39-,40+,46-/m0/s1. The molecule has 7 aliphatic rings. The van der Waals surface area contributed by atoms with Crippen LogP contribution < -0.4 is 10.6 Å². The first kappa shape index (κ1) is 42.1. The number of fused-ring (bicyclic) bond motifs is 6. The second-order valence-corrected chi connectivity index (χ2v) is 19.0. The Hall–Kier alpha value is -4.22. The van der Waals surface area contributed by atoms with Gasteiger partial charge in [0.05, 0.1) is 37.5 Å². The molecule has 4 saturated heterocycles. The van der Waals surface area contributed by atoms with E-state index in [-0.39, 0.29) is 25.8 Å². The fourth-order valence-corrected chi connectivity index (χ4v) is 10.4. The lowest BCUT2D eigenvalue weighted by Gasteiger charge is -2.49. The van der Waals surface area contributed by atoms with E-state index in [1.807, 2.05) is 48.5 Å². The molecule has 4 heterocycles. The summed E-state index contributed by atoms with van der Waals surface area (Å²) in [5.74, 6) is -3.20. The van der Waals surface area contributed by atoms with Gasteiger partial charge in [0.1, 0.15) is 41.5 Å². The van der Waals surface area contributed by atoms with Crippen LogP contribution in [-0.2, 0) is 67.1 Å². The van der Waals surface area contributed by atoms with Gasteiger partial charge in [-0.05, 0) is 81.5 Å². The number of ether oxygens (including phenoxy) is 5. The van der Waals surface area contributed by atoms with Crippen LogP contribution in [0.15, 0.2) is 54.6 Å². The number of hydrogen-bond donors (Lipinski definition) is 4. The summed E-state index contributed by atoms with van der Waals surface area (Å²) >= 11 is 0. The van der Waals surface area contributed by atoms with Crippen LogP contribution in [0.1, 0.15) is 88.5 Å². The molecule has 3 aliphatic carbocycles. The number of nitrogens with zero attached hydrogens (tertiary/aromatic N) is 1. The summed E-state index contributed by atoms with van der Waals surface area (Å²) in [6.07, 6.45) is 4.59. The third-order valence-electron chi connectivity index (χ3n) is 13.4. The topological polar surface area (TPSA) is 195 Å². The summed E-state index contributed by atoms with van der Waals surface area (Å²) in [6.45, 7) is 6.22. The van der Waals surface area contributed by atoms with Crippen LogP contribution in [-0.4, -0.2) is 118 Å². The van der Waals surface area contributed by atoms with Gasteiger partial charge < -0.3 is 44.5 Å². The van der Waals surface area contributed by atoms with Gasteiger partial charge in [0.15, 0.2) is 11.8 Å². The van der Waals surface area contributed by atoms with Gasteiger partial charge in [-0.3, -0.25) is 24.0 Å². The average Bonchev–Trinajstić information content (AvgIpc) is 3.56. The Balaban J connectivity index is 0.963. The first-order chi connectivity index (χ1) is 29.1. The number of carbonyl (C=O) groups is 4. The summed E-state index contributed by atoms with van der Waals surface area (Å²) in [7, 11) is 0. The second-order valence-electron chi connectivity index (χ2n) is 19.0. The largest absolute Gasteiger partial charge is 0.460 e. The van der Waals surface area contributed by atoms with Crippen molar-refractivity contribution in [3.63, 3.8) is 0 Å². The maximum absolute atomic E-state index is 15.1. The van der Waals surface area contributed by atoms with Gasteiger partial charge in [0, 0.05) is 25.7 Å². The molecule has 15 heteroatoms. The lowest BCUT2D eigenvalue weighted by atomic mass is 9.62. The monoisotopic (exact) mass is 843 g/mol. The Morgan fingerprint density at radius 3 is 2.38 bits per heavy atom. The van der Waals surface area contributed by atoms with Crippen molar-refractivity contribution >= 4 is 29.8 Å². The maximum atomic E-state index is 15.1. The molecule has 0 aromatic heterocycles. The van der Waals surface area contributed by atoms with E-state index in [9.17, 15) is 24.6 Å². The van der Waals surface area contributed by atoms with Crippen LogP contribution in [0, 0.1) is 11.3 Å². The highest BCUT2D eigenvalue weighted by Gasteiger charge is 2.76. The number of carbonyl (C=O) groups excluding carboxylic acids is 4. The van der Waals surface area contributed by atoms with Crippen LogP contribution in [0.2, 0.25) is 0 Å². The molecule has 4 N–H and O–H groups in total. The molecule has 2 bridgehead atoms. The Labute approximate surface area is 355 Å². The van der Waals surface area contributed by atoms with Gasteiger partial charge in [-0.25, -0.2) is 0 Å². The zero-order valence-corrected chi connectivity index (χ0v) is 35.1. The third kappa shape index (κ3) is 8.26. The van der Waals surface area contributed by atoms with Gasteiger partial charge in [-0.15, -0.1) is 0 Å². The predicted octanol–water partition coefficient (Wildman–Crippen LogP) is 2.81. The number of allylic oxidation sites excluding steroid dienone is 1. The van der Waals surface area contributed by atoms with Crippen LogP contribution in [0.3, 0.4) is 0 Å². The smallest absolute Gasteiger partial charge is 0.327 e. The van der Waals surface area contributed by atoms with Crippen LogP contribution in [0.5, 0.6) is 0 Å². The second kappa shape index (κ2) is 16.2. The first-order valence-corrected chi connectivity index (χ1v) is 21.7. The molecule has 2 amide bonds. The highest BCUT2D eigenvalue weighted by atomic mass is 16.8. The van der Waals surface area contributed by atoms with Crippen molar-refractivity contribution in [2.75, 3.05) is 6.61 Å². The number of hydroxylamine groups is 2. The van der Waals surface area contributed by atoms with Gasteiger partial charge in [0.25, 0.3) is 0 Å². The highest BCUT2D eigenvalue weighted by Crippen LogP contribution is 2.58. The van der Waals surface area contributed by atoms with E-state index in [0.717, 1.165) is 41.5 Å². The minimum atomic E-state index is -1.62. The number of benzene rings is 2. The fraction of sp³-hybridized carbons (Fsp3) is 0.609. The molecule has 0 radical (unpaired) electrons. The molecule has 9 rings (SSSR count). The van der Waals surface area contributed by atoms with Crippen LogP contribution >= 0.6 is 0 Å². The Kier molecular flexibility index (Phi) is 11.2. The molecule has 2 aromatic carbocycles. The molecule has 2 aromatic rings. The van der Waals surface area contributed by atoms with Crippen molar-refractivity contribution in [1.29, 1.82) is 0 Å². The van der Waals surface area contributed by atoms with Crippen molar-refractivity contribution in [1.82, 2.24) is 15.7 Å². The quantitative estimate of drug-likeness (QED) is 0.170. The predicted molar refractivity (Wildman–Crippen MR) is 217 cm³/mol. The molecule has 15 nitrogen and oxygen atoms in total. The average molecular weight is 844 g/mol. The van der Waals surface area contributed by atoms with Crippen molar-refractivity contribution in [2.45, 2.75) is 158 Å². The Morgan fingerprint density at radius 1 is 0.984 bits per heavy atom. The summed E-state index contributed by atoms with van der Waals surface area (Å²) < 4.78 is 30.8. The van der Waals surface area contributed by atoms with E-state index in [2.05, 4.69) is 22.8 Å².